The zero-order valence-corrected chi connectivity index (χ0v) is 18.5. The number of hydrogen-bond donors (Lipinski definition) is 1. The largest absolute Gasteiger partial charge is 0.276 e. The lowest BCUT2D eigenvalue weighted by Crippen LogP contribution is -1.92. The standard InChI is InChI=1S/C21H13N5O2S3/c1-31(27,28)19-7-6-17(30-19)20-14-8-12(2-4-16(14)23-11-24-20)15-10-25-26-21(15)18-5-3-13(9-22)29-18/h2-8,10-11H,1H3,(H,25,26). The fourth-order valence-corrected chi connectivity index (χ4v) is 6.04. The van der Waals surface area contributed by atoms with Gasteiger partial charge in [-0.1, -0.05) is 6.07 Å². The van der Waals surface area contributed by atoms with E-state index in [1.807, 2.05) is 24.3 Å². The lowest BCUT2D eigenvalue weighted by molar-refractivity contribution is 0.604. The minimum atomic E-state index is -3.28. The maximum Gasteiger partial charge on any atom is 0.184 e. The van der Waals surface area contributed by atoms with Gasteiger partial charge < -0.3 is 0 Å². The molecule has 0 fully saturated rings. The van der Waals surface area contributed by atoms with E-state index in [0.717, 1.165) is 37.5 Å². The summed E-state index contributed by atoms with van der Waals surface area (Å²) >= 11 is 2.59. The van der Waals surface area contributed by atoms with Gasteiger partial charge in [-0.3, -0.25) is 5.10 Å². The van der Waals surface area contributed by atoms with Gasteiger partial charge in [0.1, 0.15) is 21.5 Å². The predicted octanol–water partition coefficient (Wildman–Crippen LogP) is 4.75. The summed E-state index contributed by atoms with van der Waals surface area (Å²) in [6.07, 6.45) is 4.43. The number of sulfone groups is 1. The van der Waals surface area contributed by atoms with Gasteiger partial charge in [-0.2, -0.15) is 10.4 Å². The molecule has 0 saturated carbocycles. The molecule has 7 nitrogen and oxygen atoms in total. The van der Waals surface area contributed by atoms with Crippen LogP contribution in [0, 0.1) is 11.3 Å². The Balaban J connectivity index is 1.65. The molecular weight excluding hydrogens is 450 g/mol. The van der Waals surface area contributed by atoms with Gasteiger partial charge in [0, 0.05) is 17.2 Å². The Hall–Kier alpha value is -3.39. The van der Waals surface area contributed by atoms with Crippen molar-refractivity contribution in [2.45, 2.75) is 4.21 Å². The number of aromatic nitrogens is 4. The van der Waals surface area contributed by atoms with E-state index >= 15 is 0 Å². The average molecular weight is 464 g/mol. The third-order valence-corrected chi connectivity index (χ3v) is 8.65. The summed E-state index contributed by atoms with van der Waals surface area (Å²) < 4.78 is 24.1. The molecule has 152 valence electrons. The first-order chi connectivity index (χ1) is 14.9. The van der Waals surface area contributed by atoms with Crippen LogP contribution in [0.4, 0.5) is 0 Å². The lowest BCUT2D eigenvalue weighted by atomic mass is 10.0. The monoisotopic (exact) mass is 463 g/mol. The number of benzene rings is 1. The van der Waals surface area contributed by atoms with E-state index in [0.29, 0.717) is 14.8 Å². The fraction of sp³-hybridized carbons (Fsp3) is 0.0476. The van der Waals surface area contributed by atoms with Crippen LogP contribution in [-0.2, 0) is 9.84 Å². The Morgan fingerprint density at radius 1 is 1.03 bits per heavy atom. The second kappa shape index (κ2) is 7.39. The average Bonchev–Trinajstić information content (AvgIpc) is 3.52. The summed E-state index contributed by atoms with van der Waals surface area (Å²) in [5.74, 6) is 0. The molecule has 0 saturated heterocycles. The van der Waals surface area contributed by atoms with Crippen molar-refractivity contribution in [3.63, 3.8) is 0 Å². The molecule has 1 aromatic carbocycles. The number of nitrogens with zero attached hydrogens (tertiary/aromatic N) is 4. The SMILES string of the molecule is CS(=O)(=O)c1ccc(-c2ncnc3ccc(-c4cn[nH]c4-c4ccc(C#N)s4)cc23)s1. The normalized spacial score (nSPS) is 11.6. The van der Waals surface area contributed by atoms with E-state index in [4.69, 9.17) is 5.26 Å². The highest BCUT2D eigenvalue weighted by atomic mass is 32.2. The van der Waals surface area contributed by atoms with Crippen molar-refractivity contribution in [1.29, 1.82) is 5.26 Å². The number of aromatic amines is 1. The summed E-state index contributed by atoms with van der Waals surface area (Å²) in [6.45, 7) is 0. The zero-order chi connectivity index (χ0) is 21.6. The quantitative estimate of drug-likeness (QED) is 0.411. The Labute approximate surface area is 185 Å². The topological polar surface area (TPSA) is 112 Å². The summed E-state index contributed by atoms with van der Waals surface area (Å²) in [6, 6.07) is 15.1. The number of fused-ring (bicyclic) bond motifs is 1. The number of rotatable bonds is 4. The van der Waals surface area contributed by atoms with Crippen molar-refractivity contribution >= 4 is 43.4 Å². The van der Waals surface area contributed by atoms with Crippen LogP contribution >= 0.6 is 22.7 Å². The Bertz CT molecular complexity index is 1590. The molecule has 10 heteroatoms. The molecule has 0 spiro atoms. The van der Waals surface area contributed by atoms with Crippen molar-refractivity contribution < 1.29 is 8.42 Å². The Morgan fingerprint density at radius 3 is 2.61 bits per heavy atom. The first-order valence-electron chi connectivity index (χ1n) is 9.03. The van der Waals surface area contributed by atoms with Crippen LogP contribution < -0.4 is 0 Å². The molecule has 4 heterocycles. The maximum absolute atomic E-state index is 11.9. The van der Waals surface area contributed by atoms with Gasteiger partial charge in [-0.05, 0) is 42.0 Å². The van der Waals surface area contributed by atoms with Crippen molar-refractivity contribution in [1.82, 2.24) is 20.2 Å². The number of hydrogen-bond acceptors (Lipinski definition) is 8. The van der Waals surface area contributed by atoms with Crippen LogP contribution in [0.2, 0.25) is 0 Å². The molecular formula is C21H13N5O2S3. The lowest BCUT2D eigenvalue weighted by Gasteiger charge is -2.07. The van der Waals surface area contributed by atoms with Gasteiger partial charge in [-0.25, -0.2) is 18.4 Å². The summed E-state index contributed by atoms with van der Waals surface area (Å²) in [5.41, 5.74) is 4.08. The molecule has 0 unspecified atom stereocenters. The molecule has 0 aliphatic heterocycles. The molecule has 0 aliphatic carbocycles. The highest BCUT2D eigenvalue weighted by molar-refractivity contribution is 7.92. The van der Waals surface area contributed by atoms with Crippen LogP contribution in [0.5, 0.6) is 0 Å². The second-order valence-corrected chi connectivity index (χ2v) is 11.2. The van der Waals surface area contributed by atoms with Crippen LogP contribution in [0.1, 0.15) is 4.88 Å². The van der Waals surface area contributed by atoms with Gasteiger partial charge in [0.05, 0.1) is 32.9 Å². The Morgan fingerprint density at radius 2 is 1.87 bits per heavy atom. The summed E-state index contributed by atoms with van der Waals surface area (Å²) in [5, 5.41) is 17.2. The number of H-pyrrole nitrogens is 1. The van der Waals surface area contributed by atoms with Gasteiger partial charge in [0.25, 0.3) is 0 Å². The first kappa shape index (κ1) is 19.6. The number of nitrogens with one attached hydrogen (secondary N) is 1. The molecule has 5 rings (SSSR count). The minimum absolute atomic E-state index is 0.300. The first-order valence-corrected chi connectivity index (χ1v) is 12.6. The maximum atomic E-state index is 11.9. The molecule has 0 aliphatic rings. The zero-order valence-electron chi connectivity index (χ0n) is 16.0. The molecule has 5 aromatic rings. The van der Waals surface area contributed by atoms with Crippen LogP contribution in [0.3, 0.4) is 0 Å². The van der Waals surface area contributed by atoms with Crippen LogP contribution in [0.15, 0.2) is 59.2 Å². The smallest absolute Gasteiger partial charge is 0.184 e. The van der Waals surface area contributed by atoms with E-state index in [2.05, 4.69) is 26.2 Å². The van der Waals surface area contributed by atoms with E-state index in [-0.39, 0.29) is 0 Å². The van der Waals surface area contributed by atoms with Crippen molar-refractivity contribution in [3.8, 4) is 38.3 Å². The predicted molar refractivity (Wildman–Crippen MR) is 122 cm³/mol. The molecule has 0 bridgehead atoms. The minimum Gasteiger partial charge on any atom is -0.276 e. The molecule has 0 radical (unpaired) electrons. The van der Waals surface area contributed by atoms with Gasteiger partial charge in [0.15, 0.2) is 9.84 Å². The highest BCUT2D eigenvalue weighted by Crippen LogP contribution is 2.38. The van der Waals surface area contributed by atoms with Gasteiger partial charge in [-0.15, -0.1) is 22.7 Å². The van der Waals surface area contributed by atoms with Gasteiger partial charge >= 0.3 is 0 Å². The molecule has 0 amide bonds. The second-order valence-electron chi connectivity index (χ2n) is 6.78. The highest BCUT2D eigenvalue weighted by Gasteiger charge is 2.17. The summed E-state index contributed by atoms with van der Waals surface area (Å²) in [7, 11) is -3.28. The van der Waals surface area contributed by atoms with Crippen molar-refractivity contribution in [2.24, 2.45) is 0 Å². The molecule has 4 aromatic heterocycles. The third-order valence-electron chi connectivity index (χ3n) is 4.73. The van der Waals surface area contributed by atoms with Crippen molar-refractivity contribution in [2.75, 3.05) is 6.26 Å². The third kappa shape index (κ3) is 3.53. The van der Waals surface area contributed by atoms with E-state index < -0.39 is 9.84 Å². The van der Waals surface area contributed by atoms with E-state index in [1.165, 1.54) is 35.3 Å². The Kier molecular flexibility index (Phi) is 4.66. The van der Waals surface area contributed by atoms with E-state index in [1.54, 1.807) is 24.4 Å². The summed E-state index contributed by atoms with van der Waals surface area (Å²) in [4.78, 5) is 11.1. The van der Waals surface area contributed by atoms with Crippen LogP contribution in [-0.4, -0.2) is 34.8 Å². The number of nitriles is 1. The van der Waals surface area contributed by atoms with Crippen LogP contribution in [0.25, 0.3) is 43.2 Å². The fourth-order valence-electron chi connectivity index (χ4n) is 3.29. The molecule has 0 atom stereocenters. The number of thiophene rings is 2. The van der Waals surface area contributed by atoms with Gasteiger partial charge in [0.2, 0.25) is 0 Å². The van der Waals surface area contributed by atoms with E-state index in [9.17, 15) is 8.42 Å². The molecule has 31 heavy (non-hydrogen) atoms. The molecule has 1 N–H and O–H groups in total. The van der Waals surface area contributed by atoms with Crippen molar-refractivity contribution in [3.05, 3.63) is 59.9 Å².